The molecule has 0 bridgehead atoms. The lowest BCUT2D eigenvalue weighted by atomic mass is 10.1. The normalized spacial score (nSPS) is 20.9. The van der Waals surface area contributed by atoms with Crippen molar-refractivity contribution in [3.05, 3.63) is 29.4 Å². The Balaban J connectivity index is 1.84. The molecule has 0 aliphatic carbocycles. The Bertz CT molecular complexity index is 643. The molecule has 4 nitrogen and oxygen atoms in total. The van der Waals surface area contributed by atoms with Crippen molar-refractivity contribution in [2.75, 3.05) is 12.3 Å². The standard InChI is InChI=1S/C14H16ClN3OS/c15-13-14(18-12-7-2-1-6-11(12)17-13)20(19)9-10-5-3-4-8-16-10/h1-2,6-7,10,16H,3-5,8-9H2/t10-,20+/m0/s1. The van der Waals surface area contributed by atoms with Gasteiger partial charge in [0.25, 0.3) is 0 Å². The zero-order valence-corrected chi connectivity index (χ0v) is 12.6. The molecule has 20 heavy (non-hydrogen) atoms. The summed E-state index contributed by atoms with van der Waals surface area (Å²) in [4.78, 5) is 8.70. The van der Waals surface area contributed by atoms with Gasteiger partial charge in [-0.1, -0.05) is 30.2 Å². The van der Waals surface area contributed by atoms with Crippen molar-refractivity contribution in [2.45, 2.75) is 30.3 Å². The third-order valence-corrected chi connectivity index (χ3v) is 5.28. The maximum atomic E-state index is 12.5. The summed E-state index contributed by atoms with van der Waals surface area (Å²) in [5.41, 5.74) is 1.46. The maximum absolute atomic E-state index is 12.5. The van der Waals surface area contributed by atoms with E-state index in [1.165, 1.54) is 12.8 Å². The Morgan fingerprint density at radius 2 is 2.00 bits per heavy atom. The summed E-state index contributed by atoms with van der Waals surface area (Å²) >= 11 is 6.13. The first-order chi connectivity index (χ1) is 9.74. The lowest BCUT2D eigenvalue weighted by Crippen LogP contribution is -2.38. The van der Waals surface area contributed by atoms with Gasteiger partial charge in [0.1, 0.15) is 0 Å². The lowest BCUT2D eigenvalue weighted by molar-refractivity contribution is 0.427. The highest BCUT2D eigenvalue weighted by atomic mass is 35.5. The monoisotopic (exact) mass is 309 g/mol. The molecular formula is C14H16ClN3OS. The van der Waals surface area contributed by atoms with Gasteiger partial charge in [0.2, 0.25) is 0 Å². The molecule has 1 aromatic heterocycles. The number of rotatable bonds is 3. The van der Waals surface area contributed by atoms with Gasteiger partial charge in [-0.05, 0) is 31.5 Å². The van der Waals surface area contributed by atoms with Gasteiger partial charge in [0.15, 0.2) is 10.2 Å². The van der Waals surface area contributed by atoms with E-state index in [0.29, 0.717) is 10.8 Å². The van der Waals surface area contributed by atoms with Gasteiger partial charge in [-0.25, -0.2) is 9.97 Å². The predicted molar refractivity (Wildman–Crippen MR) is 81.5 cm³/mol. The summed E-state index contributed by atoms with van der Waals surface area (Å²) in [6, 6.07) is 7.77. The summed E-state index contributed by atoms with van der Waals surface area (Å²) < 4.78 is 12.5. The van der Waals surface area contributed by atoms with Crippen molar-refractivity contribution in [1.29, 1.82) is 0 Å². The van der Waals surface area contributed by atoms with E-state index in [2.05, 4.69) is 15.3 Å². The Kier molecular flexibility index (Phi) is 4.29. The molecule has 1 aliphatic rings. The van der Waals surface area contributed by atoms with E-state index in [1.807, 2.05) is 24.3 Å². The van der Waals surface area contributed by atoms with Gasteiger partial charge in [-0.3, -0.25) is 4.21 Å². The molecule has 1 N–H and O–H groups in total. The van der Waals surface area contributed by atoms with Crippen molar-refractivity contribution < 1.29 is 4.21 Å². The number of piperidine rings is 1. The quantitative estimate of drug-likeness (QED) is 0.946. The second-order valence-corrected chi connectivity index (χ2v) is 6.74. The van der Waals surface area contributed by atoms with Crippen molar-refractivity contribution in [3.63, 3.8) is 0 Å². The Morgan fingerprint density at radius 3 is 2.70 bits per heavy atom. The van der Waals surface area contributed by atoms with Crippen LogP contribution in [0, 0.1) is 0 Å². The first-order valence-corrected chi connectivity index (χ1v) is 8.48. The van der Waals surface area contributed by atoms with Gasteiger partial charge >= 0.3 is 0 Å². The smallest absolute Gasteiger partial charge is 0.165 e. The van der Waals surface area contributed by atoms with Crippen LogP contribution in [0.2, 0.25) is 5.15 Å². The number of fused-ring (bicyclic) bond motifs is 1. The molecule has 1 aliphatic heterocycles. The fourth-order valence-corrected chi connectivity index (χ4v) is 4.07. The minimum atomic E-state index is -1.22. The van der Waals surface area contributed by atoms with Crippen LogP contribution >= 0.6 is 11.6 Å². The number of halogens is 1. The number of hydrogen-bond donors (Lipinski definition) is 1. The van der Waals surface area contributed by atoms with Gasteiger partial charge in [0.05, 0.1) is 21.8 Å². The van der Waals surface area contributed by atoms with E-state index in [9.17, 15) is 4.21 Å². The third-order valence-electron chi connectivity index (χ3n) is 3.48. The molecular weight excluding hydrogens is 294 g/mol. The van der Waals surface area contributed by atoms with Crippen LogP contribution in [0.4, 0.5) is 0 Å². The molecule has 3 rings (SSSR count). The van der Waals surface area contributed by atoms with Gasteiger partial charge < -0.3 is 5.32 Å². The third kappa shape index (κ3) is 3.00. The van der Waals surface area contributed by atoms with Crippen molar-refractivity contribution >= 4 is 33.4 Å². The van der Waals surface area contributed by atoms with Crippen LogP contribution < -0.4 is 5.32 Å². The zero-order chi connectivity index (χ0) is 13.9. The molecule has 1 fully saturated rings. The Hall–Kier alpha value is -1.04. The summed E-state index contributed by atoms with van der Waals surface area (Å²) in [5.74, 6) is 0.548. The fourth-order valence-electron chi connectivity index (χ4n) is 2.44. The molecule has 6 heteroatoms. The average Bonchev–Trinajstić information content (AvgIpc) is 2.47. The van der Waals surface area contributed by atoms with E-state index >= 15 is 0 Å². The molecule has 0 saturated carbocycles. The van der Waals surface area contributed by atoms with Crippen molar-refractivity contribution in [2.24, 2.45) is 0 Å². The van der Waals surface area contributed by atoms with E-state index in [0.717, 1.165) is 24.0 Å². The van der Waals surface area contributed by atoms with Crippen LogP contribution in [0.15, 0.2) is 29.3 Å². The number of nitrogens with one attached hydrogen (secondary N) is 1. The highest BCUT2D eigenvalue weighted by Gasteiger charge is 2.20. The fraction of sp³-hybridized carbons (Fsp3) is 0.429. The lowest BCUT2D eigenvalue weighted by Gasteiger charge is -2.22. The van der Waals surface area contributed by atoms with Gasteiger partial charge in [-0.15, -0.1) is 0 Å². The Morgan fingerprint density at radius 1 is 1.25 bits per heavy atom. The SMILES string of the molecule is O=[S@](C[C@@H]1CCCCN1)c1nc2ccccc2nc1Cl. The summed E-state index contributed by atoms with van der Waals surface area (Å²) in [5, 5.41) is 4.04. The second kappa shape index (κ2) is 6.16. The van der Waals surface area contributed by atoms with Crippen molar-refractivity contribution in [3.8, 4) is 0 Å². The minimum Gasteiger partial charge on any atom is -0.313 e. The zero-order valence-electron chi connectivity index (χ0n) is 11.0. The topological polar surface area (TPSA) is 54.9 Å². The summed E-state index contributed by atoms with van der Waals surface area (Å²) in [6.07, 6.45) is 3.44. The molecule has 2 aromatic rings. The molecule has 0 unspecified atom stereocenters. The van der Waals surface area contributed by atoms with Crippen LogP contribution in [0.1, 0.15) is 19.3 Å². The second-order valence-electron chi connectivity index (χ2n) is 4.97. The highest BCUT2D eigenvalue weighted by Crippen LogP contribution is 2.21. The van der Waals surface area contributed by atoms with Gasteiger partial charge in [-0.2, -0.15) is 0 Å². The molecule has 1 saturated heterocycles. The number of hydrogen-bond acceptors (Lipinski definition) is 4. The summed E-state index contributed by atoms with van der Waals surface area (Å²) in [7, 11) is -1.22. The summed E-state index contributed by atoms with van der Waals surface area (Å²) in [6.45, 7) is 0.999. The maximum Gasteiger partial charge on any atom is 0.165 e. The number of benzene rings is 1. The first kappa shape index (κ1) is 13.9. The van der Waals surface area contributed by atoms with Crippen LogP contribution in [-0.2, 0) is 10.8 Å². The molecule has 0 radical (unpaired) electrons. The van der Waals surface area contributed by atoms with Crippen LogP contribution in [0.5, 0.6) is 0 Å². The van der Waals surface area contributed by atoms with Gasteiger partial charge in [0, 0.05) is 11.8 Å². The Labute approximate surface area is 125 Å². The van der Waals surface area contributed by atoms with Crippen LogP contribution in [0.3, 0.4) is 0 Å². The number of para-hydroxylation sites is 2. The molecule has 0 amide bonds. The van der Waals surface area contributed by atoms with E-state index in [4.69, 9.17) is 11.6 Å². The average molecular weight is 310 g/mol. The molecule has 2 atom stereocenters. The first-order valence-electron chi connectivity index (χ1n) is 6.78. The molecule has 1 aromatic carbocycles. The van der Waals surface area contributed by atoms with E-state index in [1.54, 1.807) is 0 Å². The van der Waals surface area contributed by atoms with Crippen molar-refractivity contribution in [1.82, 2.24) is 15.3 Å². The highest BCUT2D eigenvalue weighted by molar-refractivity contribution is 7.85. The minimum absolute atomic E-state index is 0.248. The molecule has 106 valence electrons. The number of nitrogens with zero attached hydrogens (tertiary/aromatic N) is 2. The predicted octanol–water partition coefficient (Wildman–Crippen LogP) is 2.53. The molecule has 0 spiro atoms. The van der Waals surface area contributed by atoms with Crippen LogP contribution in [0.25, 0.3) is 11.0 Å². The number of aromatic nitrogens is 2. The largest absolute Gasteiger partial charge is 0.313 e. The van der Waals surface area contributed by atoms with E-state index in [-0.39, 0.29) is 11.2 Å². The van der Waals surface area contributed by atoms with E-state index < -0.39 is 10.8 Å². The van der Waals surface area contributed by atoms with Crippen LogP contribution in [-0.4, -0.2) is 32.5 Å². The molecule has 2 heterocycles.